The monoisotopic (exact) mass is 444 g/mol. The number of carbonyl (C=O) groups is 2. The van der Waals surface area contributed by atoms with Gasteiger partial charge >= 0.3 is 11.9 Å². The lowest BCUT2D eigenvalue weighted by Crippen LogP contribution is -2.45. The minimum absolute atomic E-state index is 0.271. The molecule has 2 aliphatic heterocycles. The highest BCUT2D eigenvalue weighted by atomic mass is 16.7. The van der Waals surface area contributed by atoms with E-state index in [1.54, 1.807) is 7.11 Å². The van der Waals surface area contributed by atoms with E-state index in [1.165, 1.54) is 16.7 Å². The van der Waals surface area contributed by atoms with Crippen molar-refractivity contribution in [2.75, 3.05) is 40.1 Å². The third kappa shape index (κ3) is 6.35. The Morgan fingerprint density at radius 2 is 1.56 bits per heavy atom. The number of piperazine rings is 1. The highest BCUT2D eigenvalue weighted by Gasteiger charge is 2.22. The molecule has 2 N–H and O–H groups in total. The average Bonchev–Trinajstić information content (AvgIpc) is 3.24. The summed E-state index contributed by atoms with van der Waals surface area (Å²) in [4.78, 5) is 23.2. The summed E-state index contributed by atoms with van der Waals surface area (Å²) in [6.07, 6.45) is 0. The second kappa shape index (κ2) is 10.8. The number of methoxy groups -OCH3 is 1. The van der Waals surface area contributed by atoms with Gasteiger partial charge in [0.2, 0.25) is 12.5 Å². The molecule has 32 heavy (non-hydrogen) atoms. The number of nitrogens with zero attached hydrogens (tertiary/aromatic N) is 2. The minimum Gasteiger partial charge on any atom is -0.493 e. The summed E-state index contributed by atoms with van der Waals surface area (Å²) in [7, 11) is 1.67. The van der Waals surface area contributed by atoms with Gasteiger partial charge < -0.3 is 24.4 Å². The molecule has 0 unspecified atom stereocenters. The molecule has 0 radical (unpaired) electrons. The molecule has 0 saturated carbocycles. The molecule has 0 amide bonds. The van der Waals surface area contributed by atoms with Crippen molar-refractivity contribution in [1.82, 2.24) is 9.80 Å². The van der Waals surface area contributed by atoms with E-state index in [-0.39, 0.29) is 6.79 Å². The Balaban J connectivity index is 0.000000427. The molecule has 0 aromatic heterocycles. The van der Waals surface area contributed by atoms with E-state index in [4.69, 9.17) is 34.0 Å². The SMILES string of the molecule is COc1cc(CN2CCN(Cc3cccc(C)c3)CC2)cc2c1OCO2.O=C(O)C(=O)O. The van der Waals surface area contributed by atoms with Crippen LogP contribution in [0.4, 0.5) is 0 Å². The number of ether oxygens (including phenoxy) is 3. The first-order chi connectivity index (χ1) is 15.4. The van der Waals surface area contributed by atoms with E-state index in [0.29, 0.717) is 0 Å². The van der Waals surface area contributed by atoms with Crippen LogP contribution in [0.5, 0.6) is 17.2 Å². The molecule has 0 spiro atoms. The largest absolute Gasteiger partial charge is 0.493 e. The van der Waals surface area contributed by atoms with E-state index in [9.17, 15) is 0 Å². The Morgan fingerprint density at radius 1 is 0.938 bits per heavy atom. The first-order valence-electron chi connectivity index (χ1n) is 10.3. The zero-order valence-corrected chi connectivity index (χ0v) is 18.2. The molecule has 2 heterocycles. The van der Waals surface area contributed by atoms with Gasteiger partial charge in [-0.15, -0.1) is 0 Å². The average molecular weight is 444 g/mol. The van der Waals surface area contributed by atoms with Crippen LogP contribution in [0.3, 0.4) is 0 Å². The summed E-state index contributed by atoms with van der Waals surface area (Å²) in [6, 6.07) is 12.9. The Bertz CT molecular complexity index is 943. The van der Waals surface area contributed by atoms with Gasteiger partial charge in [0, 0.05) is 39.3 Å². The quantitative estimate of drug-likeness (QED) is 0.671. The highest BCUT2D eigenvalue weighted by Crippen LogP contribution is 2.42. The molecule has 0 bridgehead atoms. The number of rotatable bonds is 5. The lowest BCUT2D eigenvalue weighted by atomic mass is 10.1. The first-order valence-corrected chi connectivity index (χ1v) is 10.3. The molecule has 2 aromatic carbocycles. The van der Waals surface area contributed by atoms with Crippen LogP contribution in [-0.4, -0.2) is 72.0 Å². The van der Waals surface area contributed by atoms with E-state index in [2.05, 4.69) is 53.1 Å². The van der Waals surface area contributed by atoms with Crippen LogP contribution in [-0.2, 0) is 22.7 Å². The summed E-state index contributed by atoms with van der Waals surface area (Å²) in [5.41, 5.74) is 3.94. The van der Waals surface area contributed by atoms with E-state index < -0.39 is 11.9 Å². The van der Waals surface area contributed by atoms with Crippen molar-refractivity contribution in [3.05, 3.63) is 53.1 Å². The molecule has 0 aliphatic carbocycles. The molecule has 9 heteroatoms. The Kier molecular flexibility index (Phi) is 7.91. The Labute approximate surface area is 186 Å². The number of aryl methyl sites for hydroxylation is 1. The normalized spacial score (nSPS) is 15.6. The second-order valence-corrected chi connectivity index (χ2v) is 7.68. The zero-order valence-electron chi connectivity index (χ0n) is 18.2. The van der Waals surface area contributed by atoms with Crippen LogP contribution in [0.25, 0.3) is 0 Å². The fourth-order valence-corrected chi connectivity index (χ4v) is 3.71. The van der Waals surface area contributed by atoms with Gasteiger partial charge in [0.15, 0.2) is 11.5 Å². The van der Waals surface area contributed by atoms with Gasteiger partial charge in [-0.2, -0.15) is 0 Å². The fourth-order valence-electron chi connectivity index (χ4n) is 3.71. The van der Waals surface area contributed by atoms with Crippen LogP contribution in [0.2, 0.25) is 0 Å². The molecule has 1 saturated heterocycles. The van der Waals surface area contributed by atoms with Crippen molar-refractivity contribution in [2.24, 2.45) is 0 Å². The van der Waals surface area contributed by atoms with Crippen molar-refractivity contribution in [1.29, 1.82) is 0 Å². The zero-order chi connectivity index (χ0) is 23.1. The summed E-state index contributed by atoms with van der Waals surface area (Å²) >= 11 is 0. The van der Waals surface area contributed by atoms with Gasteiger partial charge in [-0.1, -0.05) is 29.8 Å². The van der Waals surface area contributed by atoms with Gasteiger partial charge in [0.25, 0.3) is 0 Å². The Hall–Kier alpha value is -3.30. The maximum Gasteiger partial charge on any atom is 0.414 e. The van der Waals surface area contributed by atoms with Crippen molar-refractivity contribution < 1.29 is 34.0 Å². The smallest absolute Gasteiger partial charge is 0.414 e. The Morgan fingerprint density at radius 3 is 2.12 bits per heavy atom. The summed E-state index contributed by atoms with van der Waals surface area (Å²) in [5.74, 6) is -1.38. The molecule has 0 atom stereocenters. The predicted molar refractivity (Wildman–Crippen MR) is 116 cm³/mol. The maximum absolute atomic E-state index is 9.10. The molecule has 1 fully saturated rings. The third-order valence-electron chi connectivity index (χ3n) is 5.26. The summed E-state index contributed by atoms with van der Waals surface area (Å²) < 4.78 is 16.5. The fraction of sp³-hybridized carbons (Fsp3) is 0.391. The second-order valence-electron chi connectivity index (χ2n) is 7.68. The van der Waals surface area contributed by atoms with Gasteiger partial charge in [-0.25, -0.2) is 9.59 Å². The predicted octanol–water partition coefficient (Wildman–Crippen LogP) is 2.21. The van der Waals surface area contributed by atoms with Crippen molar-refractivity contribution >= 4 is 11.9 Å². The van der Waals surface area contributed by atoms with Gasteiger partial charge in [0.1, 0.15) is 0 Å². The first kappa shape index (κ1) is 23.4. The van der Waals surface area contributed by atoms with E-state index in [0.717, 1.165) is 56.5 Å². The number of aliphatic carboxylic acids is 2. The number of hydrogen-bond donors (Lipinski definition) is 2. The summed E-state index contributed by atoms with van der Waals surface area (Å²) in [6.45, 7) is 8.70. The van der Waals surface area contributed by atoms with Gasteiger partial charge in [-0.05, 0) is 30.2 Å². The molecular weight excluding hydrogens is 416 g/mol. The van der Waals surface area contributed by atoms with E-state index >= 15 is 0 Å². The number of carboxylic acids is 2. The van der Waals surface area contributed by atoms with Crippen LogP contribution < -0.4 is 14.2 Å². The lowest BCUT2D eigenvalue weighted by molar-refractivity contribution is -0.159. The van der Waals surface area contributed by atoms with Crippen molar-refractivity contribution in [3.63, 3.8) is 0 Å². The lowest BCUT2D eigenvalue weighted by Gasteiger charge is -2.34. The molecular formula is C23H28N2O7. The maximum atomic E-state index is 9.10. The third-order valence-corrected chi connectivity index (χ3v) is 5.26. The standard InChI is InChI=1S/C21H26N2O3.C2H2O4/c1-16-4-3-5-17(10-16)13-22-6-8-23(9-7-22)14-18-11-19(24-2)21-20(12-18)25-15-26-21;3-1(4)2(5)6/h3-5,10-12H,6-9,13-15H2,1-2H3;(H,3,4)(H,5,6). The van der Waals surface area contributed by atoms with Crippen molar-refractivity contribution in [2.45, 2.75) is 20.0 Å². The molecule has 9 nitrogen and oxygen atoms in total. The number of benzene rings is 2. The van der Waals surface area contributed by atoms with Crippen LogP contribution >= 0.6 is 0 Å². The molecule has 2 aliphatic rings. The molecule has 2 aromatic rings. The van der Waals surface area contributed by atoms with Gasteiger partial charge in [-0.3, -0.25) is 9.80 Å². The van der Waals surface area contributed by atoms with Crippen LogP contribution in [0.1, 0.15) is 16.7 Å². The van der Waals surface area contributed by atoms with Crippen LogP contribution in [0.15, 0.2) is 36.4 Å². The topological polar surface area (TPSA) is 109 Å². The van der Waals surface area contributed by atoms with Gasteiger partial charge in [0.05, 0.1) is 7.11 Å². The van der Waals surface area contributed by atoms with Crippen molar-refractivity contribution in [3.8, 4) is 17.2 Å². The summed E-state index contributed by atoms with van der Waals surface area (Å²) in [5, 5.41) is 14.8. The number of carboxylic acid groups (broad SMARTS) is 2. The molecule has 172 valence electrons. The number of fused-ring (bicyclic) bond motifs is 1. The molecule has 4 rings (SSSR count). The van der Waals surface area contributed by atoms with Crippen LogP contribution in [0, 0.1) is 6.92 Å². The number of hydrogen-bond acceptors (Lipinski definition) is 7. The van der Waals surface area contributed by atoms with E-state index in [1.807, 2.05) is 0 Å². The highest BCUT2D eigenvalue weighted by molar-refractivity contribution is 6.27. The minimum atomic E-state index is -1.82.